The summed E-state index contributed by atoms with van der Waals surface area (Å²) in [6.45, 7) is 5.42. The molecule has 18 nitrogen and oxygen atoms in total. The smallest absolute Gasteiger partial charge is 0.331 e. The van der Waals surface area contributed by atoms with Crippen LogP contribution < -0.4 is 0 Å². The molecule has 0 amide bonds. The molecule has 0 aromatic heterocycles. The summed E-state index contributed by atoms with van der Waals surface area (Å²) in [6.07, 6.45) is -11.9. The number of rotatable bonds is 10. The summed E-state index contributed by atoms with van der Waals surface area (Å²) in [5.41, 5.74) is -0.0850. The maximum absolute atomic E-state index is 12.6. The summed E-state index contributed by atoms with van der Waals surface area (Å²) in [5.74, 6) is 0.725. The Hall–Kier alpha value is -1.43. The van der Waals surface area contributed by atoms with Crippen molar-refractivity contribution >= 4 is 5.97 Å². The van der Waals surface area contributed by atoms with Gasteiger partial charge >= 0.3 is 5.97 Å². The van der Waals surface area contributed by atoms with E-state index in [0.29, 0.717) is 18.4 Å². The molecule has 0 radical (unpaired) electrons. The van der Waals surface area contributed by atoms with Crippen molar-refractivity contribution in [2.24, 2.45) is 34.5 Å². The van der Waals surface area contributed by atoms with Crippen molar-refractivity contribution in [2.45, 2.75) is 182 Å². The van der Waals surface area contributed by atoms with E-state index < -0.39 is 111 Å². The first-order valence-corrected chi connectivity index (χ1v) is 21.8. The second kappa shape index (κ2) is 17.2. The van der Waals surface area contributed by atoms with Gasteiger partial charge in [-0.05, 0) is 99.4 Å². The predicted octanol–water partition coefficient (Wildman–Crippen LogP) is -1.24. The number of cyclic esters (lactones) is 1. The van der Waals surface area contributed by atoms with Crippen LogP contribution >= 0.6 is 0 Å². The van der Waals surface area contributed by atoms with Crippen LogP contribution in [0.1, 0.15) is 78.6 Å². The molecule has 3 saturated heterocycles. The van der Waals surface area contributed by atoms with Gasteiger partial charge in [-0.1, -0.05) is 13.8 Å². The van der Waals surface area contributed by atoms with Gasteiger partial charge in [-0.25, -0.2) is 4.79 Å². The summed E-state index contributed by atoms with van der Waals surface area (Å²) in [4.78, 5) is 12.0. The predicted molar refractivity (Wildman–Crippen MR) is 203 cm³/mol. The first-order chi connectivity index (χ1) is 28.4. The van der Waals surface area contributed by atoms with Crippen LogP contribution in [0.2, 0.25) is 0 Å². The van der Waals surface area contributed by atoms with Crippen LogP contribution in [-0.2, 0) is 42.7 Å². The third-order valence-electron chi connectivity index (χ3n) is 16.5. The van der Waals surface area contributed by atoms with E-state index in [9.17, 15) is 50.8 Å². The molecule has 342 valence electrons. The topological polar surface area (TPSA) is 273 Å². The number of hydrogen-bond donors (Lipinski definition) is 9. The lowest BCUT2D eigenvalue weighted by atomic mass is 9.43. The summed E-state index contributed by atoms with van der Waals surface area (Å²) in [7, 11) is 1.39. The Balaban J connectivity index is 0.875. The van der Waals surface area contributed by atoms with Crippen LogP contribution in [0.5, 0.6) is 0 Å². The fourth-order valence-electron chi connectivity index (χ4n) is 13.0. The number of ether oxygens (including phenoxy) is 8. The van der Waals surface area contributed by atoms with E-state index in [0.717, 1.165) is 63.4 Å². The maximum Gasteiger partial charge on any atom is 0.331 e. The molecule has 0 aromatic carbocycles. The Labute approximate surface area is 349 Å². The molecule has 23 atom stereocenters. The van der Waals surface area contributed by atoms with Crippen molar-refractivity contribution in [1.82, 2.24) is 0 Å². The highest BCUT2D eigenvalue weighted by Crippen LogP contribution is 2.70. The van der Waals surface area contributed by atoms with E-state index in [-0.39, 0.29) is 34.7 Å². The molecule has 0 bridgehead atoms. The van der Waals surface area contributed by atoms with E-state index in [2.05, 4.69) is 13.8 Å². The number of carbonyl (C=O) groups is 1. The zero-order valence-electron chi connectivity index (χ0n) is 34.8. The molecule has 8 rings (SSSR count). The lowest BCUT2D eigenvalue weighted by Crippen LogP contribution is -2.65. The number of hydrogen-bond acceptors (Lipinski definition) is 18. The van der Waals surface area contributed by atoms with Crippen LogP contribution in [0, 0.1) is 34.5 Å². The van der Waals surface area contributed by atoms with Crippen molar-refractivity contribution in [2.75, 3.05) is 26.9 Å². The molecule has 0 aromatic rings. The standard InChI is InChI=1S/C42H66O18/c1-18-35(60-38-33(50)31(48)29(46)26(59-38)17-55-37-32(49)30(47)28(45)25(15-43)58-37)36(53-4)34(51)39(56-18)57-21-7-10-40(2)20(14-21)5-6-24-23(40)8-11-41(3)22(9-12-42(24,41)52)19-13-27(44)54-16-19/h13,18,20-26,28-39,43,45-52H,5-12,14-17H2,1-4H3/t18-,20+,21-,22-,23+,24+,25+,26+,28+,29+,30-,31-,32+,33+,34-,35-,36-,37+,38-,39-,40-,41+,42-/m0/s1. The number of aliphatic hydroxyl groups is 9. The minimum atomic E-state index is -1.77. The Morgan fingerprint density at radius 1 is 0.733 bits per heavy atom. The number of methoxy groups -OCH3 is 1. The zero-order chi connectivity index (χ0) is 43.1. The second-order valence-electron chi connectivity index (χ2n) is 19.4. The highest BCUT2D eigenvalue weighted by Gasteiger charge is 2.68. The summed E-state index contributed by atoms with van der Waals surface area (Å²) in [5, 5.41) is 96.6. The van der Waals surface area contributed by atoms with Gasteiger partial charge in [0.05, 0.1) is 31.0 Å². The molecule has 4 heterocycles. The van der Waals surface area contributed by atoms with Crippen molar-refractivity contribution in [3.8, 4) is 0 Å². The van der Waals surface area contributed by atoms with E-state index in [4.69, 9.17) is 37.9 Å². The number of fused-ring (bicyclic) bond motifs is 5. The average molecular weight is 859 g/mol. The van der Waals surface area contributed by atoms with Gasteiger partial charge in [0.25, 0.3) is 0 Å². The Bertz CT molecular complexity index is 1570. The molecular weight excluding hydrogens is 792 g/mol. The Morgan fingerprint density at radius 3 is 2.10 bits per heavy atom. The number of aliphatic hydroxyl groups excluding tert-OH is 8. The van der Waals surface area contributed by atoms with E-state index >= 15 is 0 Å². The monoisotopic (exact) mass is 858 g/mol. The minimum absolute atomic E-state index is 0.00760. The zero-order valence-corrected chi connectivity index (χ0v) is 34.8. The first kappa shape index (κ1) is 45.1. The molecule has 4 aliphatic carbocycles. The normalized spacial score (nSPS) is 54.4. The Kier molecular flexibility index (Phi) is 12.9. The van der Waals surface area contributed by atoms with Gasteiger partial charge < -0.3 is 83.9 Å². The molecule has 9 N–H and O–H groups in total. The van der Waals surface area contributed by atoms with Crippen molar-refractivity contribution < 1.29 is 88.6 Å². The molecular formula is C42H66O18. The second-order valence-corrected chi connectivity index (χ2v) is 19.4. The van der Waals surface area contributed by atoms with E-state index in [1.54, 1.807) is 13.0 Å². The Morgan fingerprint density at radius 2 is 1.42 bits per heavy atom. The van der Waals surface area contributed by atoms with Gasteiger partial charge in [0.15, 0.2) is 18.9 Å². The summed E-state index contributed by atoms with van der Waals surface area (Å²) >= 11 is 0. The SMILES string of the molecule is CO[C@H]1[C@H](O)[C@H](O[C@H]2CC[C@@]3(C)[C@H](CC[C@@H]4[C@H]3CC[C@]3(C)[C@H](C5=CC(=O)OC5)CC[C@]43O)C2)O[C@@H](C)[C@@H]1O[C@@H]1O[C@H](CO[C@@H]2O[C@H](CO)[C@@H](O)[C@H](O)[C@H]2O)[C@@H](O)[C@H](O)[C@H]1O. The average Bonchev–Trinajstić information content (AvgIpc) is 3.78. The van der Waals surface area contributed by atoms with Gasteiger partial charge in [0, 0.05) is 18.6 Å². The lowest BCUT2D eigenvalue weighted by Gasteiger charge is -2.64. The summed E-state index contributed by atoms with van der Waals surface area (Å²) < 4.78 is 46.6. The lowest BCUT2D eigenvalue weighted by molar-refractivity contribution is -0.367. The van der Waals surface area contributed by atoms with E-state index in [1.807, 2.05) is 0 Å². The number of esters is 1. The van der Waals surface area contributed by atoms with E-state index in [1.165, 1.54) is 7.11 Å². The van der Waals surface area contributed by atoms with Gasteiger partial charge in [0.2, 0.25) is 0 Å². The quantitative estimate of drug-likeness (QED) is 0.0918. The van der Waals surface area contributed by atoms with Gasteiger partial charge in [-0.2, -0.15) is 0 Å². The van der Waals surface area contributed by atoms with Crippen molar-refractivity contribution in [3.63, 3.8) is 0 Å². The third kappa shape index (κ3) is 7.50. The molecule has 7 fully saturated rings. The largest absolute Gasteiger partial charge is 0.458 e. The third-order valence-corrected chi connectivity index (χ3v) is 16.5. The highest BCUT2D eigenvalue weighted by atomic mass is 16.8. The summed E-state index contributed by atoms with van der Waals surface area (Å²) in [6, 6.07) is 0. The van der Waals surface area contributed by atoms with Gasteiger partial charge in [-0.15, -0.1) is 0 Å². The van der Waals surface area contributed by atoms with Crippen molar-refractivity contribution in [1.29, 1.82) is 0 Å². The van der Waals surface area contributed by atoms with Crippen LogP contribution in [0.3, 0.4) is 0 Å². The maximum atomic E-state index is 12.6. The molecule has 0 spiro atoms. The highest BCUT2D eigenvalue weighted by molar-refractivity contribution is 5.85. The van der Waals surface area contributed by atoms with Crippen molar-refractivity contribution in [3.05, 3.63) is 11.6 Å². The van der Waals surface area contributed by atoms with Gasteiger partial charge in [-0.3, -0.25) is 0 Å². The molecule has 4 saturated carbocycles. The molecule has 8 aliphatic rings. The van der Waals surface area contributed by atoms with Crippen LogP contribution in [0.15, 0.2) is 11.6 Å². The molecule has 60 heavy (non-hydrogen) atoms. The number of carbonyl (C=O) groups excluding carboxylic acids is 1. The molecule has 0 unspecified atom stereocenters. The van der Waals surface area contributed by atoms with Gasteiger partial charge in [0.1, 0.15) is 73.8 Å². The van der Waals surface area contributed by atoms with Crippen LogP contribution in [0.25, 0.3) is 0 Å². The van der Waals surface area contributed by atoms with Crippen LogP contribution in [0.4, 0.5) is 0 Å². The minimum Gasteiger partial charge on any atom is -0.458 e. The fourth-order valence-corrected chi connectivity index (χ4v) is 13.0. The first-order valence-electron chi connectivity index (χ1n) is 21.8. The molecule has 18 heteroatoms. The van der Waals surface area contributed by atoms with Crippen LogP contribution in [-0.4, -0.2) is 183 Å². The molecule has 4 aliphatic heterocycles. The fraction of sp³-hybridized carbons (Fsp3) is 0.929.